The van der Waals surface area contributed by atoms with Gasteiger partial charge in [0.15, 0.2) is 0 Å². The maximum atomic E-state index is 11.8. The zero-order chi connectivity index (χ0) is 10.6. The number of amides is 1. The van der Waals surface area contributed by atoms with E-state index in [2.05, 4.69) is 19.2 Å². The Morgan fingerprint density at radius 1 is 1.40 bits per heavy atom. The quantitative estimate of drug-likeness (QED) is 0.806. The Labute approximate surface area is 99.0 Å². The van der Waals surface area contributed by atoms with E-state index in [4.69, 9.17) is 0 Å². The first-order valence-corrected chi connectivity index (χ1v) is 5.57. The Morgan fingerprint density at radius 2 is 1.93 bits per heavy atom. The molecule has 0 aliphatic carbocycles. The lowest BCUT2D eigenvalue weighted by molar-refractivity contribution is -0.132. The molecule has 0 spiro atoms. The fourth-order valence-electron chi connectivity index (χ4n) is 1.76. The van der Waals surface area contributed by atoms with Gasteiger partial charge in [-0.15, -0.1) is 12.4 Å². The molecule has 1 saturated heterocycles. The molecular formula is C11H23ClN2O. The standard InChI is InChI=1S/C11H22N2O.ClH/c1-9(2)13(3)11(14)8-10-4-6-12-7-5-10;/h9-10,12H,4-8H2,1-3H3;1H. The summed E-state index contributed by atoms with van der Waals surface area (Å²) in [5.74, 6) is 0.900. The van der Waals surface area contributed by atoms with Gasteiger partial charge in [0.2, 0.25) is 5.91 Å². The van der Waals surface area contributed by atoms with Gasteiger partial charge in [-0.2, -0.15) is 0 Å². The molecule has 0 aromatic carbocycles. The molecular weight excluding hydrogens is 212 g/mol. The third-order valence-electron chi connectivity index (χ3n) is 3.09. The van der Waals surface area contributed by atoms with Crippen LogP contribution in [0.3, 0.4) is 0 Å². The molecule has 4 heteroatoms. The summed E-state index contributed by atoms with van der Waals surface area (Å²) in [7, 11) is 1.90. The van der Waals surface area contributed by atoms with Crippen LogP contribution >= 0.6 is 12.4 Å². The van der Waals surface area contributed by atoms with Crippen LogP contribution in [0.4, 0.5) is 0 Å². The van der Waals surface area contributed by atoms with Crippen LogP contribution in [0, 0.1) is 5.92 Å². The first-order valence-electron chi connectivity index (χ1n) is 5.57. The molecule has 1 N–H and O–H groups in total. The maximum Gasteiger partial charge on any atom is 0.222 e. The number of carbonyl (C=O) groups excluding carboxylic acids is 1. The third-order valence-corrected chi connectivity index (χ3v) is 3.09. The van der Waals surface area contributed by atoms with Crippen LogP contribution in [-0.2, 0) is 4.79 Å². The highest BCUT2D eigenvalue weighted by atomic mass is 35.5. The van der Waals surface area contributed by atoms with Crippen LogP contribution in [0.25, 0.3) is 0 Å². The van der Waals surface area contributed by atoms with E-state index >= 15 is 0 Å². The van der Waals surface area contributed by atoms with Crippen molar-refractivity contribution in [1.29, 1.82) is 0 Å². The van der Waals surface area contributed by atoms with Gasteiger partial charge in [0.1, 0.15) is 0 Å². The number of halogens is 1. The van der Waals surface area contributed by atoms with Crippen LogP contribution in [-0.4, -0.2) is 37.0 Å². The number of carbonyl (C=O) groups is 1. The molecule has 3 nitrogen and oxygen atoms in total. The highest BCUT2D eigenvalue weighted by Crippen LogP contribution is 2.17. The summed E-state index contributed by atoms with van der Waals surface area (Å²) in [5.41, 5.74) is 0. The fraction of sp³-hybridized carbons (Fsp3) is 0.909. The summed E-state index contributed by atoms with van der Waals surface area (Å²) < 4.78 is 0. The zero-order valence-electron chi connectivity index (χ0n) is 9.95. The molecule has 1 aliphatic heterocycles. The van der Waals surface area contributed by atoms with Crippen molar-refractivity contribution in [3.05, 3.63) is 0 Å². The van der Waals surface area contributed by atoms with Crippen molar-refractivity contribution in [2.24, 2.45) is 5.92 Å². The minimum atomic E-state index is 0. The van der Waals surface area contributed by atoms with Crippen LogP contribution in [0.1, 0.15) is 33.1 Å². The van der Waals surface area contributed by atoms with Gasteiger partial charge in [-0.05, 0) is 45.7 Å². The van der Waals surface area contributed by atoms with Gasteiger partial charge < -0.3 is 10.2 Å². The molecule has 1 rings (SSSR count). The number of hydrogen-bond acceptors (Lipinski definition) is 2. The summed E-state index contributed by atoms with van der Waals surface area (Å²) >= 11 is 0. The normalized spacial score (nSPS) is 17.3. The Morgan fingerprint density at radius 3 is 2.40 bits per heavy atom. The highest BCUT2D eigenvalue weighted by molar-refractivity contribution is 5.85. The third kappa shape index (κ3) is 4.85. The van der Waals surface area contributed by atoms with Gasteiger partial charge in [-0.25, -0.2) is 0 Å². The number of hydrogen-bond donors (Lipinski definition) is 1. The molecule has 0 radical (unpaired) electrons. The van der Waals surface area contributed by atoms with Gasteiger partial charge in [-0.3, -0.25) is 4.79 Å². The molecule has 1 heterocycles. The molecule has 1 fully saturated rings. The van der Waals surface area contributed by atoms with Crippen molar-refractivity contribution in [2.75, 3.05) is 20.1 Å². The van der Waals surface area contributed by atoms with E-state index in [1.165, 1.54) is 0 Å². The fourth-order valence-corrected chi connectivity index (χ4v) is 1.76. The van der Waals surface area contributed by atoms with Crippen molar-refractivity contribution >= 4 is 18.3 Å². The minimum absolute atomic E-state index is 0. The largest absolute Gasteiger partial charge is 0.343 e. The van der Waals surface area contributed by atoms with Crippen LogP contribution in [0.2, 0.25) is 0 Å². The summed E-state index contributed by atoms with van der Waals surface area (Å²) in [6.45, 7) is 6.26. The summed E-state index contributed by atoms with van der Waals surface area (Å²) in [5, 5.41) is 3.32. The molecule has 0 unspecified atom stereocenters. The number of rotatable bonds is 3. The monoisotopic (exact) mass is 234 g/mol. The van der Waals surface area contributed by atoms with Crippen molar-refractivity contribution in [3.63, 3.8) is 0 Å². The summed E-state index contributed by atoms with van der Waals surface area (Å²) in [4.78, 5) is 13.6. The molecule has 0 bridgehead atoms. The highest BCUT2D eigenvalue weighted by Gasteiger charge is 2.19. The van der Waals surface area contributed by atoms with Crippen LogP contribution in [0.15, 0.2) is 0 Å². The molecule has 0 aromatic rings. The smallest absolute Gasteiger partial charge is 0.222 e. The molecule has 1 amide bonds. The van der Waals surface area contributed by atoms with Crippen molar-refractivity contribution < 1.29 is 4.79 Å². The van der Waals surface area contributed by atoms with Gasteiger partial charge in [0.25, 0.3) is 0 Å². The van der Waals surface area contributed by atoms with Crippen molar-refractivity contribution in [3.8, 4) is 0 Å². The van der Waals surface area contributed by atoms with E-state index in [1.807, 2.05) is 11.9 Å². The Kier molecular flexibility index (Phi) is 6.94. The molecule has 15 heavy (non-hydrogen) atoms. The van der Waals surface area contributed by atoms with E-state index in [0.29, 0.717) is 17.9 Å². The zero-order valence-corrected chi connectivity index (χ0v) is 10.8. The SMILES string of the molecule is CC(C)N(C)C(=O)CC1CCNCC1.Cl. The predicted octanol–water partition coefficient (Wildman–Crippen LogP) is 1.66. The lowest BCUT2D eigenvalue weighted by atomic mass is 9.94. The van der Waals surface area contributed by atoms with Gasteiger partial charge in [0.05, 0.1) is 0 Å². The lowest BCUT2D eigenvalue weighted by Gasteiger charge is -2.26. The summed E-state index contributed by atoms with van der Waals surface area (Å²) in [6, 6.07) is 0.323. The first-order chi connectivity index (χ1) is 6.61. The molecule has 1 aliphatic rings. The average molecular weight is 235 g/mol. The van der Waals surface area contributed by atoms with Crippen LogP contribution < -0.4 is 5.32 Å². The number of piperidine rings is 1. The molecule has 0 saturated carbocycles. The topological polar surface area (TPSA) is 32.3 Å². The molecule has 90 valence electrons. The van der Waals surface area contributed by atoms with E-state index in [1.54, 1.807) is 0 Å². The Balaban J connectivity index is 0.00000196. The van der Waals surface area contributed by atoms with Crippen LogP contribution in [0.5, 0.6) is 0 Å². The average Bonchev–Trinajstić information content (AvgIpc) is 2.18. The van der Waals surface area contributed by atoms with E-state index < -0.39 is 0 Å². The molecule has 0 aromatic heterocycles. The van der Waals surface area contributed by atoms with E-state index in [9.17, 15) is 4.79 Å². The van der Waals surface area contributed by atoms with Gasteiger partial charge in [0, 0.05) is 19.5 Å². The van der Waals surface area contributed by atoms with Gasteiger partial charge >= 0.3 is 0 Å². The second-order valence-electron chi connectivity index (χ2n) is 4.50. The lowest BCUT2D eigenvalue weighted by Crippen LogP contribution is -2.36. The number of nitrogens with zero attached hydrogens (tertiary/aromatic N) is 1. The second-order valence-corrected chi connectivity index (χ2v) is 4.50. The Hall–Kier alpha value is -0.280. The van der Waals surface area contributed by atoms with E-state index in [-0.39, 0.29) is 12.4 Å². The first kappa shape index (κ1) is 14.7. The van der Waals surface area contributed by atoms with Crippen molar-refractivity contribution in [1.82, 2.24) is 10.2 Å². The maximum absolute atomic E-state index is 11.8. The summed E-state index contributed by atoms with van der Waals surface area (Å²) in [6.07, 6.45) is 3.03. The number of nitrogens with one attached hydrogen (secondary N) is 1. The minimum Gasteiger partial charge on any atom is -0.343 e. The van der Waals surface area contributed by atoms with E-state index in [0.717, 1.165) is 32.4 Å². The molecule has 0 atom stereocenters. The van der Waals surface area contributed by atoms with Crippen molar-refractivity contribution in [2.45, 2.75) is 39.2 Å². The predicted molar refractivity (Wildman–Crippen MR) is 65.4 cm³/mol. The van der Waals surface area contributed by atoms with Gasteiger partial charge in [-0.1, -0.05) is 0 Å². The second kappa shape index (κ2) is 7.07. The Bertz CT molecular complexity index is 191.